The quantitative estimate of drug-likeness (QED) is 0.789. The molecule has 14 heavy (non-hydrogen) atoms. The minimum Gasteiger partial charge on any atom is -0.398 e. The summed E-state index contributed by atoms with van der Waals surface area (Å²) in [4.78, 5) is 0. The summed E-state index contributed by atoms with van der Waals surface area (Å²) in [7, 11) is 0. The number of thiophene rings is 1. The van der Waals surface area contributed by atoms with Crippen molar-refractivity contribution in [2.75, 3.05) is 5.73 Å². The third-order valence-electron chi connectivity index (χ3n) is 1.93. The fourth-order valence-corrected chi connectivity index (χ4v) is 2.47. The average molecular weight is 234 g/mol. The Hall–Kier alpha value is -0.870. The second-order valence-corrected chi connectivity index (χ2v) is 4.16. The van der Waals surface area contributed by atoms with Crippen molar-refractivity contribution >= 4 is 38.7 Å². The van der Waals surface area contributed by atoms with Crippen LogP contribution in [0.4, 0.5) is 14.5 Å². The fourth-order valence-electron chi connectivity index (χ4n) is 1.26. The zero-order valence-corrected chi connectivity index (χ0v) is 8.50. The highest BCUT2D eigenvalue weighted by Gasteiger charge is 2.12. The van der Waals surface area contributed by atoms with Crippen LogP contribution >= 0.6 is 22.9 Å². The highest BCUT2D eigenvalue weighted by molar-refractivity contribution is 7.18. The third-order valence-corrected chi connectivity index (χ3v) is 3.39. The maximum Gasteiger partial charge on any atom is 0.263 e. The Morgan fingerprint density at radius 2 is 2.07 bits per heavy atom. The van der Waals surface area contributed by atoms with Gasteiger partial charge in [-0.25, -0.2) is 8.78 Å². The topological polar surface area (TPSA) is 26.0 Å². The molecule has 0 spiro atoms. The van der Waals surface area contributed by atoms with Crippen LogP contribution in [0.5, 0.6) is 0 Å². The molecule has 0 unspecified atom stereocenters. The van der Waals surface area contributed by atoms with Crippen LogP contribution < -0.4 is 5.73 Å². The normalized spacial score (nSPS) is 11.4. The lowest BCUT2D eigenvalue weighted by atomic mass is 10.1. The molecule has 2 N–H and O–H groups in total. The van der Waals surface area contributed by atoms with Crippen molar-refractivity contribution < 1.29 is 8.78 Å². The fraction of sp³-hybridized carbons (Fsp3) is 0.111. The predicted molar refractivity (Wildman–Crippen MR) is 56.2 cm³/mol. The highest BCUT2D eigenvalue weighted by Crippen LogP contribution is 2.36. The van der Waals surface area contributed by atoms with Crippen LogP contribution in [0.25, 0.3) is 10.1 Å². The van der Waals surface area contributed by atoms with Crippen molar-refractivity contribution in [1.29, 1.82) is 0 Å². The van der Waals surface area contributed by atoms with Gasteiger partial charge in [-0.15, -0.1) is 11.3 Å². The summed E-state index contributed by atoms with van der Waals surface area (Å²) < 4.78 is 25.6. The van der Waals surface area contributed by atoms with Gasteiger partial charge < -0.3 is 5.73 Å². The number of hydrogen-bond acceptors (Lipinski definition) is 2. The van der Waals surface area contributed by atoms with Crippen molar-refractivity contribution in [3.63, 3.8) is 0 Å². The first-order valence-electron chi connectivity index (χ1n) is 3.84. The SMILES string of the molecule is Nc1csc2c(Cl)cc(C(F)F)cc12. The summed E-state index contributed by atoms with van der Waals surface area (Å²) in [6.07, 6.45) is -2.52. The van der Waals surface area contributed by atoms with Crippen LogP contribution in [0.2, 0.25) is 5.02 Å². The Bertz CT molecular complexity index is 481. The molecule has 2 aromatic rings. The van der Waals surface area contributed by atoms with Gasteiger partial charge in [0.05, 0.1) is 15.4 Å². The van der Waals surface area contributed by atoms with E-state index in [9.17, 15) is 8.78 Å². The minimum atomic E-state index is -2.52. The lowest BCUT2D eigenvalue weighted by molar-refractivity contribution is 0.151. The molecular weight excluding hydrogens is 228 g/mol. The Morgan fingerprint density at radius 1 is 1.36 bits per heavy atom. The summed E-state index contributed by atoms with van der Waals surface area (Å²) in [5, 5.41) is 2.64. The molecule has 0 aliphatic carbocycles. The lowest BCUT2D eigenvalue weighted by Crippen LogP contribution is -1.86. The standard InChI is InChI=1S/C9H6ClF2NS/c10-6-2-4(9(11)12)1-5-7(13)3-14-8(5)6/h1-3,9H,13H2. The van der Waals surface area contributed by atoms with Crippen molar-refractivity contribution in [1.82, 2.24) is 0 Å². The molecule has 1 aromatic carbocycles. The first-order chi connectivity index (χ1) is 6.59. The van der Waals surface area contributed by atoms with Crippen LogP contribution in [0.3, 0.4) is 0 Å². The van der Waals surface area contributed by atoms with Gasteiger partial charge in [0.1, 0.15) is 0 Å². The summed E-state index contributed by atoms with van der Waals surface area (Å²) in [6.45, 7) is 0. The number of nitrogen functional groups attached to an aromatic ring is 1. The third kappa shape index (κ3) is 1.44. The number of alkyl halides is 2. The monoisotopic (exact) mass is 233 g/mol. The van der Waals surface area contributed by atoms with E-state index in [4.69, 9.17) is 17.3 Å². The van der Waals surface area contributed by atoms with E-state index in [0.717, 1.165) is 4.70 Å². The molecule has 0 fully saturated rings. The molecule has 0 amide bonds. The summed E-state index contributed by atoms with van der Waals surface area (Å²) in [6, 6.07) is 2.67. The van der Waals surface area contributed by atoms with Gasteiger partial charge in [-0.3, -0.25) is 0 Å². The van der Waals surface area contributed by atoms with E-state index in [2.05, 4.69) is 0 Å². The second-order valence-electron chi connectivity index (χ2n) is 2.87. The maximum absolute atomic E-state index is 12.4. The van der Waals surface area contributed by atoms with E-state index in [1.165, 1.54) is 23.5 Å². The Labute approximate surface area is 88.1 Å². The molecule has 2 rings (SSSR count). The van der Waals surface area contributed by atoms with Gasteiger partial charge in [0.25, 0.3) is 6.43 Å². The van der Waals surface area contributed by atoms with E-state index < -0.39 is 6.43 Å². The molecule has 0 saturated heterocycles. The van der Waals surface area contributed by atoms with Gasteiger partial charge in [-0.1, -0.05) is 11.6 Å². The van der Waals surface area contributed by atoms with E-state index in [0.29, 0.717) is 16.1 Å². The largest absolute Gasteiger partial charge is 0.398 e. The second kappa shape index (κ2) is 3.37. The van der Waals surface area contributed by atoms with Gasteiger partial charge in [0.15, 0.2) is 0 Å². The highest BCUT2D eigenvalue weighted by atomic mass is 35.5. The molecule has 0 bridgehead atoms. The number of nitrogens with two attached hydrogens (primary N) is 1. The van der Waals surface area contributed by atoms with Gasteiger partial charge in [-0.2, -0.15) is 0 Å². The Morgan fingerprint density at radius 3 is 2.71 bits per heavy atom. The van der Waals surface area contributed by atoms with Crippen LogP contribution in [-0.2, 0) is 0 Å². The average Bonchev–Trinajstić information content (AvgIpc) is 2.48. The number of hydrogen-bond donors (Lipinski definition) is 1. The number of anilines is 1. The van der Waals surface area contributed by atoms with Crippen LogP contribution in [0, 0.1) is 0 Å². The maximum atomic E-state index is 12.4. The van der Waals surface area contributed by atoms with Gasteiger partial charge in [0, 0.05) is 16.3 Å². The summed E-state index contributed by atoms with van der Waals surface area (Å²) in [5.74, 6) is 0. The van der Waals surface area contributed by atoms with Crippen molar-refractivity contribution in [3.8, 4) is 0 Å². The van der Waals surface area contributed by atoms with Crippen molar-refractivity contribution in [3.05, 3.63) is 28.1 Å². The molecule has 0 atom stereocenters. The summed E-state index contributed by atoms with van der Waals surface area (Å²) in [5.41, 5.74) is 6.03. The van der Waals surface area contributed by atoms with Gasteiger partial charge >= 0.3 is 0 Å². The van der Waals surface area contributed by atoms with Gasteiger partial charge in [0.2, 0.25) is 0 Å². The first-order valence-corrected chi connectivity index (χ1v) is 5.09. The lowest BCUT2D eigenvalue weighted by Gasteiger charge is -2.01. The van der Waals surface area contributed by atoms with Gasteiger partial charge in [-0.05, 0) is 12.1 Å². The first kappa shape index (κ1) is 9.68. The molecule has 1 aromatic heterocycles. The molecule has 74 valence electrons. The van der Waals surface area contributed by atoms with Crippen molar-refractivity contribution in [2.45, 2.75) is 6.43 Å². The number of benzene rings is 1. The van der Waals surface area contributed by atoms with E-state index in [-0.39, 0.29) is 5.56 Å². The van der Waals surface area contributed by atoms with E-state index in [1.807, 2.05) is 0 Å². The zero-order chi connectivity index (χ0) is 10.3. The minimum absolute atomic E-state index is 0.0902. The number of rotatable bonds is 1. The zero-order valence-electron chi connectivity index (χ0n) is 6.93. The molecular formula is C9H6ClF2NS. The number of halogens is 3. The van der Waals surface area contributed by atoms with Crippen LogP contribution in [0.15, 0.2) is 17.5 Å². The molecule has 0 saturated carbocycles. The van der Waals surface area contributed by atoms with E-state index >= 15 is 0 Å². The van der Waals surface area contributed by atoms with Crippen LogP contribution in [-0.4, -0.2) is 0 Å². The molecule has 0 radical (unpaired) electrons. The Balaban J connectivity index is 2.75. The van der Waals surface area contributed by atoms with Crippen molar-refractivity contribution in [2.24, 2.45) is 0 Å². The van der Waals surface area contributed by atoms with E-state index in [1.54, 1.807) is 5.38 Å². The molecule has 5 heteroatoms. The predicted octanol–water partition coefficient (Wildman–Crippen LogP) is 4.07. The van der Waals surface area contributed by atoms with Crippen LogP contribution in [0.1, 0.15) is 12.0 Å². The molecule has 0 aliphatic heterocycles. The Kier molecular flexibility index (Phi) is 2.33. The summed E-state index contributed by atoms with van der Waals surface area (Å²) >= 11 is 7.20. The number of fused-ring (bicyclic) bond motifs is 1. The smallest absolute Gasteiger partial charge is 0.263 e. The molecule has 0 aliphatic rings. The molecule has 1 nitrogen and oxygen atoms in total. The molecule has 1 heterocycles.